The molecule has 0 radical (unpaired) electrons. The Morgan fingerprint density at radius 2 is 2.04 bits per heavy atom. The molecule has 0 bridgehead atoms. The van der Waals surface area contributed by atoms with Crippen LogP contribution >= 0.6 is 0 Å². The molecule has 0 fully saturated rings. The fourth-order valence-electron chi connectivity index (χ4n) is 1.92. The van der Waals surface area contributed by atoms with Gasteiger partial charge in [-0.1, -0.05) is 12.1 Å². The van der Waals surface area contributed by atoms with E-state index in [0.29, 0.717) is 5.75 Å². The number of aryl methyl sites for hydroxylation is 1. The number of rotatable bonds is 5. The molecule has 7 heteroatoms. The number of nitrogens with one attached hydrogen (secondary N) is 1. The normalized spacial score (nSPS) is 11.6. The van der Waals surface area contributed by atoms with Gasteiger partial charge in [0.1, 0.15) is 11.5 Å². The van der Waals surface area contributed by atoms with Gasteiger partial charge in [-0.25, -0.2) is 0 Å². The number of ether oxygens (including phenoxy) is 1. The number of carbonyl (C=O) groups excluding carboxylic acids is 1. The quantitative estimate of drug-likeness (QED) is 0.501. The van der Waals surface area contributed by atoms with Crippen LogP contribution in [-0.2, 0) is 4.79 Å². The SMILES string of the molecule is Cc1cccc(O[C@H](C)C(=O)Nc2ccc([N+](=O)[O-])cc2O)c1. The van der Waals surface area contributed by atoms with Crippen molar-refractivity contribution in [3.8, 4) is 11.5 Å². The van der Waals surface area contributed by atoms with Crippen molar-refractivity contribution in [3.63, 3.8) is 0 Å². The van der Waals surface area contributed by atoms with Crippen LogP contribution in [-0.4, -0.2) is 22.0 Å². The lowest BCUT2D eigenvalue weighted by Crippen LogP contribution is -2.30. The van der Waals surface area contributed by atoms with Gasteiger partial charge < -0.3 is 15.2 Å². The van der Waals surface area contributed by atoms with Gasteiger partial charge in [-0.3, -0.25) is 14.9 Å². The van der Waals surface area contributed by atoms with Crippen molar-refractivity contribution in [2.75, 3.05) is 5.32 Å². The Balaban J connectivity index is 2.05. The molecule has 120 valence electrons. The van der Waals surface area contributed by atoms with Crippen molar-refractivity contribution in [2.45, 2.75) is 20.0 Å². The second-order valence-electron chi connectivity index (χ2n) is 5.02. The number of phenolic OH excluding ortho intramolecular Hbond substituents is 1. The first-order valence-electron chi connectivity index (χ1n) is 6.88. The van der Waals surface area contributed by atoms with Gasteiger partial charge in [-0.2, -0.15) is 0 Å². The third-order valence-corrected chi connectivity index (χ3v) is 3.12. The number of amides is 1. The number of nitro groups is 1. The Kier molecular flexibility index (Phi) is 4.80. The third kappa shape index (κ3) is 4.19. The van der Waals surface area contributed by atoms with E-state index in [2.05, 4.69) is 5.32 Å². The van der Waals surface area contributed by atoms with E-state index in [1.54, 1.807) is 19.1 Å². The van der Waals surface area contributed by atoms with E-state index in [0.717, 1.165) is 11.6 Å². The van der Waals surface area contributed by atoms with Crippen LogP contribution in [0.15, 0.2) is 42.5 Å². The van der Waals surface area contributed by atoms with E-state index >= 15 is 0 Å². The van der Waals surface area contributed by atoms with Gasteiger partial charge in [0.2, 0.25) is 0 Å². The number of phenols is 1. The van der Waals surface area contributed by atoms with Crippen molar-refractivity contribution in [3.05, 3.63) is 58.1 Å². The van der Waals surface area contributed by atoms with Crippen LogP contribution in [0.2, 0.25) is 0 Å². The molecule has 0 saturated heterocycles. The van der Waals surface area contributed by atoms with E-state index < -0.39 is 16.9 Å². The van der Waals surface area contributed by atoms with Crippen LogP contribution in [0, 0.1) is 17.0 Å². The molecule has 0 aliphatic heterocycles. The number of benzene rings is 2. The topological polar surface area (TPSA) is 102 Å². The highest BCUT2D eigenvalue weighted by Gasteiger charge is 2.18. The lowest BCUT2D eigenvalue weighted by atomic mass is 10.2. The van der Waals surface area contributed by atoms with Crippen LogP contribution in [0.5, 0.6) is 11.5 Å². The van der Waals surface area contributed by atoms with Crippen LogP contribution in [0.25, 0.3) is 0 Å². The zero-order chi connectivity index (χ0) is 17.0. The molecule has 23 heavy (non-hydrogen) atoms. The van der Waals surface area contributed by atoms with Crippen molar-refractivity contribution >= 4 is 17.3 Å². The minimum absolute atomic E-state index is 0.0836. The lowest BCUT2D eigenvalue weighted by Gasteiger charge is -2.15. The largest absolute Gasteiger partial charge is 0.506 e. The molecule has 2 aromatic carbocycles. The van der Waals surface area contributed by atoms with Crippen LogP contribution in [0.1, 0.15) is 12.5 Å². The van der Waals surface area contributed by atoms with E-state index in [1.165, 1.54) is 12.1 Å². The molecule has 0 aromatic heterocycles. The molecule has 2 rings (SSSR count). The fourth-order valence-corrected chi connectivity index (χ4v) is 1.92. The van der Waals surface area contributed by atoms with Crippen molar-refractivity contribution in [1.82, 2.24) is 0 Å². The van der Waals surface area contributed by atoms with E-state index in [4.69, 9.17) is 4.74 Å². The molecule has 1 amide bonds. The first kappa shape index (κ1) is 16.3. The highest BCUT2D eigenvalue weighted by Crippen LogP contribution is 2.28. The Morgan fingerprint density at radius 1 is 1.30 bits per heavy atom. The number of nitro benzene ring substituents is 1. The lowest BCUT2D eigenvalue weighted by molar-refractivity contribution is -0.384. The highest BCUT2D eigenvalue weighted by atomic mass is 16.6. The average Bonchev–Trinajstić information content (AvgIpc) is 2.49. The van der Waals surface area contributed by atoms with Gasteiger partial charge >= 0.3 is 0 Å². The third-order valence-electron chi connectivity index (χ3n) is 3.12. The van der Waals surface area contributed by atoms with Gasteiger partial charge in [0, 0.05) is 6.07 Å². The Bertz CT molecular complexity index is 745. The van der Waals surface area contributed by atoms with Crippen LogP contribution in [0.3, 0.4) is 0 Å². The molecule has 2 aromatic rings. The molecule has 0 heterocycles. The summed E-state index contributed by atoms with van der Waals surface area (Å²) >= 11 is 0. The second kappa shape index (κ2) is 6.78. The maximum Gasteiger partial charge on any atom is 0.273 e. The van der Waals surface area contributed by atoms with Gasteiger partial charge in [-0.15, -0.1) is 0 Å². The Hall–Kier alpha value is -3.09. The molecule has 7 nitrogen and oxygen atoms in total. The summed E-state index contributed by atoms with van der Waals surface area (Å²) in [6.45, 7) is 3.48. The molecular weight excluding hydrogens is 300 g/mol. The molecule has 0 aliphatic rings. The van der Waals surface area contributed by atoms with E-state index in [9.17, 15) is 20.0 Å². The standard InChI is InChI=1S/C16H16N2O5/c1-10-4-3-5-13(8-10)23-11(2)16(20)17-14-7-6-12(18(21)22)9-15(14)19/h3-9,11,19H,1-2H3,(H,17,20)/t11-/m1/s1. The summed E-state index contributed by atoms with van der Waals surface area (Å²) in [6.07, 6.45) is -0.800. The average molecular weight is 316 g/mol. The Morgan fingerprint density at radius 3 is 2.65 bits per heavy atom. The summed E-state index contributed by atoms with van der Waals surface area (Å²) in [5.74, 6) is -0.300. The minimum atomic E-state index is -0.800. The number of carbonyl (C=O) groups is 1. The number of non-ortho nitro benzene ring substituents is 1. The summed E-state index contributed by atoms with van der Waals surface area (Å²) in [5, 5.41) is 22.8. The van der Waals surface area contributed by atoms with Gasteiger partial charge in [0.05, 0.1) is 16.7 Å². The molecule has 2 N–H and O–H groups in total. The molecule has 1 atom stereocenters. The highest BCUT2D eigenvalue weighted by molar-refractivity contribution is 5.95. The van der Waals surface area contributed by atoms with Gasteiger partial charge in [0.25, 0.3) is 11.6 Å². The van der Waals surface area contributed by atoms with Crippen LogP contribution in [0.4, 0.5) is 11.4 Å². The molecule has 0 saturated carbocycles. The van der Waals surface area contributed by atoms with Crippen molar-refractivity contribution in [2.24, 2.45) is 0 Å². The zero-order valence-electron chi connectivity index (χ0n) is 12.6. The van der Waals surface area contributed by atoms with E-state index in [-0.39, 0.29) is 17.1 Å². The maximum absolute atomic E-state index is 12.1. The summed E-state index contributed by atoms with van der Waals surface area (Å²) in [6, 6.07) is 10.7. The fraction of sp³-hybridized carbons (Fsp3) is 0.188. The molecule has 0 unspecified atom stereocenters. The van der Waals surface area contributed by atoms with Crippen molar-refractivity contribution < 1.29 is 19.6 Å². The molecule has 0 spiro atoms. The molecular formula is C16H16N2O5. The predicted molar refractivity (Wildman–Crippen MR) is 84.7 cm³/mol. The summed E-state index contributed by atoms with van der Waals surface area (Å²) < 4.78 is 5.53. The summed E-state index contributed by atoms with van der Waals surface area (Å²) in [4.78, 5) is 22.1. The smallest absolute Gasteiger partial charge is 0.273 e. The number of aromatic hydroxyl groups is 1. The predicted octanol–water partition coefficient (Wildman–Crippen LogP) is 3.01. The monoisotopic (exact) mass is 316 g/mol. The van der Waals surface area contributed by atoms with Gasteiger partial charge in [-0.05, 0) is 37.6 Å². The number of hydrogen-bond acceptors (Lipinski definition) is 5. The zero-order valence-corrected chi connectivity index (χ0v) is 12.6. The second-order valence-corrected chi connectivity index (χ2v) is 5.02. The first-order valence-corrected chi connectivity index (χ1v) is 6.88. The summed E-state index contributed by atoms with van der Waals surface area (Å²) in [7, 11) is 0. The summed E-state index contributed by atoms with van der Waals surface area (Å²) in [5.41, 5.74) is 0.827. The molecule has 0 aliphatic carbocycles. The number of hydrogen-bond donors (Lipinski definition) is 2. The number of anilines is 1. The first-order chi connectivity index (χ1) is 10.9. The van der Waals surface area contributed by atoms with Gasteiger partial charge in [0.15, 0.2) is 6.10 Å². The van der Waals surface area contributed by atoms with E-state index in [1.807, 2.05) is 19.1 Å². The maximum atomic E-state index is 12.1. The van der Waals surface area contributed by atoms with Crippen molar-refractivity contribution in [1.29, 1.82) is 0 Å². The minimum Gasteiger partial charge on any atom is -0.506 e. The Labute approximate surface area is 132 Å². The van der Waals surface area contributed by atoms with Crippen LogP contribution < -0.4 is 10.1 Å². The number of nitrogens with zero attached hydrogens (tertiary/aromatic N) is 1.